The van der Waals surface area contributed by atoms with Crippen molar-refractivity contribution in [1.29, 1.82) is 0 Å². The van der Waals surface area contributed by atoms with E-state index >= 15 is 0 Å². The number of nitrogens with one attached hydrogen (secondary N) is 1. The van der Waals surface area contributed by atoms with Gasteiger partial charge >= 0.3 is 0 Å². The van der Waals surface area contributed by atoms with Crippen LogP contribution in [-0.4, -0.2) is 23.3 Å². The number of nitrogens with zero attached hydrogens (tertiary/aromatic N) is 1. The monoisotopic (exact) mass is 258 g/mol. The third kappa shape index (κ3) is 2.69. The fourth-order valence-electron chi connectivity index (χ4n) is 1.35. The highest BCUT2D eigenvalue weighted by Gasteiger charge is 2.15. The van der Waals surface area contributed by atoms with Gasteiger partial charge in [-0.15, -0.1) is 11.8 Å². The van der Waals surface area contributed by atoms with E-state index in [9.17, 15) is 0 Å². The number of aromatic nitrogens is 1. The summed E-state index contributed by atoms with van der Waals surface area (Å²) in [5, 5.41) is 5.16. The third-order valence-corrected chi connectivity index (χ3v) is 3.64. The largest absolute Gasteiger partial charge is 0.316 e. The summed E-state index contributed by atoms with van der Waals surface area (Å²) in [6, 6.07) is 6.05. The lowest BCUT2D eigenvalue weighted by atomic mass is 10.4. The van der Waals surface area contributed by atoms with Gasteiger partial charge in [0, 0.05) is 11.8 Å². The molecular weight excluding hydrogens is 248 g/mol. The van der Waals surface area contributed by atoms with Gasteiger partial charge in [-0.05, 0) is 41.0 Å². The van der Waals surface area contributed by atoms with Gasteiger partial charge in [-0.25, -0.2) is 4.98 Å². The van der Waals surface area contributed by atoms with Crippen molar-refractivity contribution < 1.29 is 0 Å². The van der Waals surface area contributed by atoms with E-state index in [1.165, 1.54) is 6.42 Å². The second kappa shape index (κ2) is 4.44. The molecule has 4 heteroatoms. The first-order chi connectivity index (χ1) is 6.34. The van der Waals surface area contributed by atoms with E-state index in [0.29, 0.717) is 5.25 Å². The van der Waals surface area contributed by atoms with E-state index in [4.69, 9.17) is 0 Å². The number of halogens is 1. The summed E-state index contributed by atoms with van der Waals surface area (Å²) in [7, 11) is 0. The molecule has 0 aliphatic carbocycles. The molecule has 0 aromatic carbocycles. The Morgan fingerprint density at radius 2 is 2.46 bits per heavy atom. The second-order valence-corrected chi connectivity index (χ2v) is 5.16. The zero-order valence-corrected chi connectivity index (χ0v) is 9.57. The maximum absolute atomic E-state index is 4.39. The van der Waals surface area contributed by atoms with Crippen LogP contribution in [0.1, 0.15) is 6.42 Å². The molecule has 1 saturated heterocycles. The number of rotatable bonds is 2. The Balaban J connectivity index is 2.00. The van der Waals surface area contributed by atoms with E-state index in [-0.39, 0.29) is 0 Å². The summed E-state index contributed by atoms with van der Waals surface area (Å²) >= 11 is 5.23. The van der Waals surface area contributed by atoms with Crippen molar-refractivity contribution in [2.45, 2.75) is 16.7 Å². The van der Waals surface area contributed by atoms with E-state index < -0.39 is 0 Å². The predicted molar refractivity (Wildman–Crippen MR) is 59.1 cm³/mol. The highest BCUT2D eigenvalue weighted by atomic mass is 79.9. The molecule has 0 amide bonds. The predicted octanol–water partition coefficient (Wildman–Crippen LogP) is 2.30. The molecule has 1 aromatic rings. The average Bonchev–Trinajstić information content (AvgIpc) is 2.57. The van der Waals surface area contributed by atoms with Gasteiger partial charge in [0.05, 0.1) is 5.03 Å². The van der Waals surface area contributed by atoms with E-state index in [0.717, 1.165) is 22.7 Å². The molecule has 0 radical (unpaired) electrons. The second-order valence-electron chi connectivity index (χ2n) is 3.03. The summed E-state index contributed by atoms with van der Waals surface area (Å²) in [6.07, 6.45) is 1.25. The molecule has 0 spiro atoms. The van der Waals surface area contributed by atoms with Gasteiger partial charge in [-0.1, -0.05) is 6.07 Å². The molecule has 1 N–H and O–H groups in total. The Labute approximate surface area is 90.6 Å². The topological polar surface area (TPSA) is 24.9 Å². The SMILES string of the molecule is Brc1cccc(S[C@@H]2CCNC2)n1. The van der Waals surface area contributed by atoms with Crippen molar-refractivity contribution in [2.75, 3.05) is 13.1 Å². The number of hydrogen-bond acceptors (Lipinski definition) is 3. The number of hydrogen-bond donors (Lipinski definition) is 1. The summed E-state index contributed by atoms with van der Waals surface area (Å²) in [5.41, 5.74) is 0. The summed E-state index contributed by atoms with van der Waals surface area (Å²) in [5.74, 6) is 0. The van der Waals surface area contributed by atoms with Crippen molar-refractivity contribution in [3.63, 3.8) is 0 Å². The van der Waals surface area contributed by atoms with Crippen molar-refractivity contribution in [3.8, 4) is 0 Å². The van der Waals surface area contributed by atoms with Gasteiger partial charge < -0.3 is 5.32 Å². The normalized spacial score (nSPS) is 22.1. The average molecular weight is 259 g/mol. The lowest BCUT2D eigenvalue weighted by Gasteiger charge is -2.06. The Bertz CT molecular complexity index is 287. The fourth-order valence-corrected chi connectivity index (χ4v) is 2.90. The standard InChI is InChI=1S/C9H11BrN2S/c10-8-2-1-3-9(12-8)13-7-4-5-11-6-7/h1-3,7,11H,4-6H2/t7-/m1/s1. The molecule has 2 heterocycles. The van der Waals surface area contributed by atoms with Crippen molar-refractivity contribution in [3.05, 3.63) is 22.8 Å². The van der Waals surface area contributed by atoms with Crippen LogP contribution in [0.15, 0.2) is 27.8 Å². The van der Waals surface area contributed by atoms with Crippen LogP contribution in [0.5, 0.6) is 0 Å². The summed E-state index contributed by atoms with van der Waals surface area (Å²) < 4.78 is 0.920. The molecule has 0 unspecified atom stereocenters. The zero-order chi connectivity index (χ0) is 9.10. The van der Waals surface area contributed by atoms with Crippen LogP contribution in [0.25, 0.3) is 0 Å². The Hall–Kier alpha value is -0.0600. The van der Waals surface area contributed by atoms with Crippen molar-refractivity contribution >= 4 is 27.7 Å². The van der Waals surface area contributed by atoms with Crippen LogP contribution >= 0.6 is 27.7 Å². The Kier molecular flexibility index (Phi) is 3.24. The minimum atomic E-state index is 0.696. The Morgan fingerprint density at radius 1 is 1.54 bits per heavy atom. The van der Waals surface area contributed by atoms with Crippen molar-refractivity contribution in [1.82, 2.24) is 10.3 Å². The summed E-state index contributed by atoms with van der Waals surface area (Å²) in [4.78, 5) is 4.39. The highest BCUT2D eigenvalue weighted by Crippen LogP contribution is 2.25. The van der Waals surface area contributed by atoms with Crippen LogP contribution in [0, 0.1) is 0 Å². The van der Waals surface area contributed by atoms with Gasteiger partial charge in [-0.2, -0.15) is 0 Å². The fraction of sp³-hybridized carbons (Fsp3) is 0.444. The Morgan fingerprint density at radius 3 is 3.15 bits per heavy atom. The lowest BCUT2D eigenvalue weighted by Crippen LogP contribution is -2.10. The van der Waals surface area contributed by atoms with Crippen LogP contribution in [-0.2, 0) is 0 Å². The van der Waals surface area contributed by atoms with Crippen LogP contribution in [0.3, 0.4) is 0 Å². The van der Waals surface area contributed by atoms with Crippen LogP contribution in [0.2, 0.25) is 0 Å². The molecule has 0 saturated carbocycles. The maximum atomic E-state index is 4.39. The number of thioether (sulfide) groups is 1. The quantitative estimate of drug-likeness (QED) is 0.825. The lowest BCUT2D eigenvalue weighted by molar-refractivity contribution is 0.858. The van der Waals surface area contributed by atoms with E-state index in [2.05, 4.69) is 32.3 Å². The van der Waals surface area contributed by atoms with Gasteiger partial charge in [0.2, 0.25) is 0 Å². The molecule has 70 valence electrons. The molecule has 1 fully saturated rings. The van der Waals surface area contributed by atoms with E-state index in [1.807, 2.05) is 23.9 Å². The van der Waals surface area contributed by atoms with Gasteiger partial charge in [-0.3, -0.25) is 0 Å². The summed E-state index contributed by atoms with van der Waals surface area (Å²) in [6.45, 7) is 2.25. The first-order valence-corrected chi connectivity index (χ1v) is 6.02. The first-order valence-electron chi connectivity index (χ1n) is 4.34. The zero-order valence-electron chi connectivity index (χ0n) is 7.16. The number of pyridine rings is 1. The molecule has 1 aliphatic heterocycles. The van der Waals surface area contributed by atoms with Crippen molar-refractivity contribution in [2.24, 2.45) is 0 Å². The van der Waals surface area contributed by atoms with Gasteiger partial charge in [0.25, 0.3) is 0 Å². The minimum absolute atomic E-state index is 0.696. The first kappa shape index (κ1) is 9.49. The maximum Gasteiger partial charge on any atom is 0.107 e. The smallest absolute Gasteiger partial charge is 0.107 e. The third-order valence-electron chi connectivity index (χ3n) is 1.99. The molecule has 2 rings (SSSR count). The van der Waals surface area contributed by atoms with Gasteiger partial charge in [0.1, 0.15) is 4.60 Å². The van der Waals surface area contributed by atoms with Gasteiger partial charge in [0.15, 0.2) is 0 Å². The van der Waals surface area contributed by atoms with Crippen LogP contribution in [0.4, 0.5) is 0 Å². The highest BCUT2D eigenvalue weighted by molar-refractivity contribution is 9.10. The molecule has 1 aromatic heterocycles. The molecular formula is C9H11BrN2S. The molecule has 2 nitrogen and oxygen atoms in total. The molecule has 1 atom stereocenters. The minimum Gasteiger partial charge on any atom is -0.316 e. The van der Waals surface area contributed by atoms with Crippen LogP contribution < -0.4 is 5.32 Å². The molecule has 1 aliphatic rings. The molecule has 13 heavy (non-hydrogen) atoms. The van der Waals surface area contributed by atoms with E-state index in [1.54, 1.807) is 0 Å². The molecule has 0 bridgehead atoms.